The molecule has 0 aromatic heterocycles. The first-order valence-corrected chi connectivity index (χ1v) is 6.58. The van der Waals surface area contributed by atoms with Crippen LogP contribution in [0, 0.1) is 11.7 Å². The van der Waals surface area contributed by atoms with Gasteiger partial charge < -0.3 is 5.11 Å². The van der Waals surface area contributed by atoms with E-state index in [4.69, 9.17) is 0 Å². The van der Waals surface area contributed by atoms with Gasteiger partial charge in [0, 0.05) is 0 Å². The molecular formula is C17H19FO. The maximum Gasteiger partial charge on any atom is 0.123 e. The summed E-state index contributed by atoms with van der Waals surface area (Å²) in [6.45, 7) is 4.29. The van der Waals surface area contributed by atoms with Gasteiger partial charge in [-0.05, 0) is 46.7 Å². The summed E-state index contributed by atoms with van der Waals surface area (Å²) in [6.07, 6.45) is 1.04. The summed E-state index contributed by atoms with van der Waals surface area (Å²) in [4.78, 5) is 0. The molecule has 2 aromatic carbocycles. The first kappa shape index (κ1) is 13.8. The molecule has 0 atom stereocenters. The van der Waals surface area contributed by atoms with Crippen molar-refractivity contribution < 1.29 is 9.50 Å². The molecule has 0 bridgehead atoms. The minimum Gasteiger partial charge on any atom is -0.392 e. The number of benzene rings is 2. The number of aliphatic hydroxyl groups is 1. The molecule has 1 N–H and O–H groups in total. The number of rotatable bonds is 4. The molecule has 2 heteroatoms. The second-order valence-electron chi connectivity index (χ2n) is 5.25. The van der Waals surface area contributed by atoms with Gasteiger partial charge in [0.05, 0.1) is 6.61 Å². The van der Waals surface area contributed by atoms with E-state index in [1.807, 2.05) is 12.1 Å². The fourth-order valence-corrected chi connectivity index (χ4v) is 2.25. The largest absolute Gasteiger partial charge is 0.392 e. The first-order chi connectivity index (χ1) is 9.10. The van der Waals surface area contributed by atoms with Crippen LogP contribution in [-0.2, 0) is 13.0 Å². The molecule has 2 rings (SSSR count). The molecule has 0 unspecified atom stereocenters. The summed E-state index contributed by atoms with van der Waals surface area (Å²) in [5.41, 5.74) is 3.73. The molecule has 0 aliphatic rings. The summed E-state index contributed by atoms with van der Waals surface area (Å²) < 4.78 is 13.3. The lowest BCUT2D eigenvalue weighted by Gasteiger charge is -2.10. The molecule has 0 saturated heterocycles. The van der Waals surface area contributed by atoms with Gasteiger partial charge in [-0.15, -0.1) is 0 Å². The molecule has 0 heterocycles. The van der Waals surface area contributed by atoms with Crippen molar-refractivity contribution in [2.45, 2.75) is 26.9 Å². The van der Waals surface area contributed by atoms with Crippen LogP contribution in [-0.4, -0.2) is 5.11 Å². The van der Waals surface area contributed by atoms with Crippen LogP contribution in [0.25, 0.3) is 11.1 Å². The topological polar surface area (TPSA) is 20.2 Å². The number of halogens is 1. The van der Waals surface area contributed by atoms with Crippen molar-refractivity contribution in [2.24, 2.45) is 5.92 Å². The van der Waals surface area contributed by atoms with Crippen molar-refractivity contribution in [3.63, 3.8) is 0 Å². The van der Waals surface area contributed by atoms with Crippen molar-refractivity contribution in [2.75, 3.05) is 0 Å². The third kappa shape index (κ3) is 3.42. The quantitative estimate of drug-likeness (QED) is 0.872. The smallest absolute Gasteiger partial charge is 0.123 e. The highest BCUT2D eigenvalue weighted by Crippen LogP contribution is 2.25. The van der Waals surface area contributed by atoms with Crippen LogP contribution >= 0.6 is 0 Å². The Kier molecular flexibility index (Phi) is 4.33. The molecule has 0 saturated carbocycles. The number of hydrogen-bond acceptors (Lipinski definition) is 1. The van der Waals surface area contributed by atoms with E-state index in [1.54, 1.807) is 6.07 Å². The molecule has 0 fully saturated rings. The SMILES string of the molecule is CC(C)Cc1ccc(-c2cc(F)ccc2CO)cc1. The molecule has 2 aromatic rings. The van der Waals surface area contributed by atoms with E-state index in [2.05, 4.69) is 26.0 Å². The zero-order valence-electron chi connectivity index (χ0n) is 11.4. The summed E-state index contributed by atoms with van der Waals surface area (Å²) >= 11 is 0. The molecule has 1 nitrogen and oxygen atoms in total. The van der Waals surface area contributed by atoms with Gasteiger partial charge in [0.1, 0.15) is 5.82 Å². The predicted octanol–water partition coefficient (Wildman–Crippen LogP) is 4.18. The zero-order valence-corrected chi connectivity index (χ0v) is 11.4. The average molecular weight is 258 g/mol. The Labute approximate surface area is 113 Å². The highest BCUT2D eigenvalue weighted by Gasteiger charge is 2.06. The summed E-state index contributed by atoms with van der Waals surface area (Å²) in [5, 5.41) is 9.32. The summed E-state index contributed by atoms with van der Waals surface area (Å²) in [5.74, 6) is 0.339. The molecule has 0 spiro atoms. The molecular weight excluding hydrogens is 239 g/mol. The van der Waals surface area contributed by atoms with Gasteiger partial charge in [0.2, 0.25) is 0 Å². The minimum atomic E-state index is -0.279. The molecule has 0 amide bonds. The van der Waals surface area contributed by atoms with Crippen molar-refractivity contribution >= 4 is 0 Å². The van der Waals surface area contributed by atoms with Crippen molar-refractivity contribution in [1.29, 1.82) is 0 Å². The van der Waals surface area contributed by atoms with Gasteiger partial charge in [0.15, 0.2) is 0 Å². The predicted molar refractivity (Wildman–Crippen MR) is 76.3 cm³/mol. The van der Waals surface area contributed by atoms with E-state index in [-0.39, 0.29) is 12.4 Å². The summed E-state index contributed by atoms with van der Waals surface area (Å²) in [7, 11) is 0. The van der Waals surface area contributed by atoms with Crippen molar-refractivity contribution in [3.8, 4) is 11.1 Å². The zero-order chi connectivity index (χ0) is 13.8. The molecule has 0 aliphatic heterocycles. The Bertz CT molecular complexity index is 544. The second kappa shape index (κ2) is 5.98. The van der Waals surface area contributed by atoms with Crippen LogP contribution in [0.2, 0.25) is 0 Å². The van der Waals surface area contributed by atoms with E-state index < -0.39 is 0 Å². The molecule has 19 heavy (non-hydrogen) atoms. The molecule has 0 aliphatic carbocycles. The lowest BCUT2D eigenvalue weighted by Crippen LogP contribution is -1.94. The number of aliphatic hydroxyl groups excluding tert-OH is 1. The minimum absolute atomic E-state index is 0.0800. The van der Waals surface area contributed by atoms with E-state index >= 15 is 0 Å². The maximum atomic E-state index is 13.3. The first-order valence-electron chi connectivity index (χ1n) is 6.58. The van der Waals surface area contributed by atoms with E-state index in [0.717, 1.165) is 23.1 Å². The van der Waals surface area contributed by atoms with Crippen LogP contribution in [0.5, 0.6) is 0 Å². The molecule has 100 valence electrons. The Morgan fingerprint density at radius 3 is 2.32 bits per heavy atom. The third-order valence-corrected chi connectivity index (χ3v) is 3.15. The average Bonchev–Trinajstić information content (AvgIpc) is 2.39. The fraction of sp³-hybridized carbons (Fsp3) is 0.294. The highest BCUT2D eigenvalue weighted by molar-refractivity contribution is 5.67. The Balaban J connectivity index is 2.34. The summed E-state index contributed by atoms with van der Waals surface area (Å²) in [6, 6.07) is 12.6. The maximum absolute atomic E-state index is 13.3. The van der Waals surface area contributed by atoms with Gasteiger partial charge in [0.25, 0.3) is 0 Å². The lowest BCUT2D eigenvalue weighted by atomic mass is 9.96. The van der Waals surface area contributed by atoms with Gasteiger partial charge in [-0.3, -0.25) is 0 Å². The third-order valence-electron chi connectivity index (χ3n) is 3.15. The van der Waals surface area contributed by atoms with Crippen LogP contribution in [0.15, 0.2) is 42.5 Å². The Hall–Kier alpha value is -1.67. The van der Waals surface area contributed by atoms with Crippen LogP contribution < -0.4 is 0 Å². The van der Waals surface area contributed by atoms with E-state index in [1.165, 1.54) is 17.7 Å². The Morgan fingerprint density at radius 1 is 1.05 bits per heavy atom. The van der Waals surface area contributed by atoms with Crippen LogP contribution in [0.4, 0.5) is 4.39 Å². The van der Waals surface area contributed by atoms with Crippen molar-refractivity contribution in [3.05, 3.63) is 59.4 Å². The Morgan fingerprint density at radius 2 is 1.74 bits per heavy atom. The van der Waals surface area contributed by atoms with E-state index in [9.17, 15) is 9.50 Å². The number of hydrogen-bond donors (Lipinski definition) is 1. The van der Waals surface area contributed by atoms with Gasteiger partial charge in [-0.2, -0.15) is 0 Å². The van der Waals surface area contributed by atoms with Crippen LogP contribution in [0.3, 0.4) is 0 Å². The highest BCUT2D eigenvalue weighted by atomic mass is 19.1. The fourth-order valence-electron chi connectivity index (χ4n) is 2.25. The van der Waals surface area contributed by atoms with Crippen molar-refractivity contribution in [1.82, 2.24) is 0 Å². The van der Waals surface area contributed by atoms with Gasteiger partial charge >= 0.3 is 0 Å². The van der Waals surface area contributed by atoms with Crippen LogP contribution in [0.1, 0.15) is 25.0 Å². The standard InChI is InChI=1S/C17H19FO/c1-12(2)9-13-3-5-14(6-4-13)17-10-16(18)8-7-15(17)11-19/h3-8,10,12,19H,9,11H2,1-2H3. The van der Waals surface area contributed by atoms with E-state index in [0.29, 0.717) is 5.92 Å². The normalized spacial score (nSPS) is 11.0. The second-order valence-corrected chi connectivity index (χ2v) is 5.25. The molecule has 0 radical (unpaired) electrons. The lowest BCUT2D eigenvalue weighted by molar-refractivity contribution is 0.282. The monoisotopic (exact) mass is 258 g/mol. The van der Waals surface area contributed by atoms with Gasteiger partial charge in [-0.25, -0.2) is 4.39 Å². The van der Waals surface area contributed by atoms with Gasteiger partial charge in [-0.1, -0.05) is 44.2 Å².